The molecular formula is C10H13BrN4. The molecule has 0 aliphatic rings. The van der Waals surface area contributed by atoms with Gasteiger partial charge in [0.15, 0.2) is 5.65 Å². The fraction of sp³-hybridized carbons (Fsp3) is 0.400. The Morgan fingerprint density at radius 2 is 2.13 bits per heavy atom. The molecule has 0 saturated heterocycles. The molecule has 0 saturated carbocycles. The van der Waals surface area contributed by atoms with Crippen LogP contribution in [0.1, 0.15) is 5.82 Å². The standard InChI is InChI=1S/C10H13BrN4/c1-14(2)6-5-10-13-12-9-4-3-8(11)7-15(9)10/h3-4,7H,5-6H2,1-2H3. The Morgan fingerprint density at radius 1 is 1.33 bits per heavy atom. The van der Waals surface area contributed by atoms with Crippen LogP contribution in [0.2, 0.25) is 0 Å². The van der Waals surface area contributed by atoms with Gasteiger partial charge in [0.2, 0.25) is 0 Å². The Hall–Kier alpha value is -0.940. The molecule has 2 aromatic rings. The van der Waals surface area contributed by atoms with E-state index >= 15 is 0 Å². The van der Waals surface area contributed by atoms with Crippen LogP contribution >= 0.6 is 15.9 Å². The number of hydrogen-bond donors (Lipinski definition) is 0. The van der Waals surface area contributed by atoms with E-state index in [4.69, 9.17) is 0 Å². The molecule has 0 N–H and O–H groups in total. The summed E-state index contributed by atoms with van der Waals surface area (Å²) in [6.07, 6.45) is 2.91. The van der Waals surface area contributed by atoms with E-state index in [9.17, 15) is 0 Å². The number of halogens is 1. The second kappa shape index (κ2) is 4.28. The van der Waals surface area contributed by atoms with Gasteiger partial charge in [-0.2, -0.15) is 0 Å². The fourth-order valence-corrected chi connectivity index (χ4v) is 1.74. The van der Waals surface area contributed by atoms with Gasteiger partial charge in [-0.05, 0) is 42.2 Å². The molecule has 0 bridgehead atoms. The number of fused-ring (bicyclic) bond motifs is 1. The van der Waals surface area contributed by atoms with E-state index < -0.39 is 0 Å². The minimum absolute atomic E-state index is 0.895. The summed E-state index contributed by atoms with van der Waals surface area (Å²) >= 11 is 3.44. The Labute approximate surface area is 97.0 Å². The molecular weight excluding hydrogens is 256 g/mol. The molecule has 0 spiro atoms. The van der Waals surface area contributed by atoms with E-state index in [1.165, 1.54) is 0 Å². The molecule has 0 aliphatic heterocycles. The third-order valence-corrected chi connectivity index (χ3v) is 2.69. The van der Waals surface area contributed by atoms with Gasteiger partial charge < -0.3 is 4.90 Å². The number of likely N-dealkylation sites (N-methyl/N-ethyl adjacent to an activating group) is 1. The van der Waals surface area contributed by atoms with Crippen molar-refractivity contribution in [1.82, 2.24) is 19.5 Å². The van der Waals surface area contributed by atoms with Gasteiger partial charge in [-0.1, -0.05) is 0 Å². The zero-order valence-corrected chi connectivity index (χ0v) is 10.4. The lowest BCUT2D eigenvalue weighted by Gasteiger charge is -2.07. The zero-order chi connectivity index (χ0) is 10.8. The van der Waals surface area contributed by atoms with Crippen molar-refractivity contribution >= 4 is 21.6 Å². The summed E-state index contributed by atoms with van der Waals surface area (Å²) in [6.45, 7) is 0.979. The highest BCUT2D eigenvalue weighted by molar-refractivity contribution is 9.10. The first-order chi connectivity index (χ1) is 7.16. The smallest absolute Gasteiger partial charge is 0.160 e. The van der Waals surface area contributed by atoms with Crippen molar-refractivity contribution in [2.24, 2.45) is 0 Å². The molecule has 5 heteroatoms. The Kier molecular flexibility index (Phi) is 3.02. The predicted molar refractivity (Wildman–Crippen MR) is 62.9 cm³/mol. The molecule has 2 rings (SSSR count). The number of pyridine rings is 1. The van der Waals surface area contributed by atoms with Gasteiger partial charge in [0.1, 0.15) is 5.82 Å². The third kappa shape index (κ3) is 2.35. The predicted octanol–water partition coefficient (Wildman–Crippen LogP) is 1.60. The lowest BCUT2D eigenvalue weighted by atomic mass is 10.4. The van der Waals surface area contributed by atoms with E-state index in [0.29, 0.717) is 0 Å². The lowest BCUT2D eigenvalue weighted by Crippen LogP contribution is -2.16. The molecule has 0 amide bonds. The summed E-state index contributed by atoms with van der Waals surface area (Å²) in [5, 5.41) is 8.29. The second-order valence-electron chi connectivity index (χ2n) is 3.75. The van der Waals surface area contributed by atoms with Crippen molar-refractivity contribution in [3.05, 3.63) is 28.6 Å². The topological polar surface area (TPSA) is 33.4 Å². The second-order valence-corrected chi connectivity index (χ2v) is 4.66. The molecule has 0 aliphatic carbocycles. The number of rotatable bonds is 3. The molecule has 0 unspecified atom stereocenters. The maximum Gasteiger partial charge on any atom is 0.160 e. The molecule has 15 heavy (non-hydrogen) atoms. The van der Waals surface area contributed by atoms with Gasteiger partial charge in [0.05, 0.1) is 0 Å². The van der Waals surface area contributed by atoms with Crippen LogP contribution in [0.25, 0.3) is 5.65 Å². The van der Waals surface area contributed by atoms with Crippen molar-refractivity contribution < 1.29 is 0 Å². The van der Waals surface area contributed by atoms with E-state index in [0.717, 1.165) is 28.9 Å². The van der Waals surface area contributed by atoms with Gasteiger partial charge in [0, 0.05) is 23.6 Å². The van der Waals surface area contributed by atoms with Crippen LogP contribution in [0.15, 0.2) is 22.8 Å². The molecule has 0 atom stereocenters. The van der Waals surface area contributed by atoms with Crippen molar-refractivity contribution in [3.63, 3.8) is 0 Å². The highest BCUT2D eigenvalue weighted by atomic mass is 79.9. The first-order valence-electron chi connectivity index (χ1n) is 4.81. The number of aromatic nitrogens is 3. The molecule has 0 radical (unpaired) electrons. The van der Waals surface area contributed by atoms with Gasteiger partial charge in [-0.3, -0.25) is 4.40 Å². The number of hydrogen-bond acceptors (Lipinski definition) is 3. The zero-order valence-electron chi connectivity index (χ0n) is 8.81. The molecule has 2 heterocycles. The van der Waals surface area contributed by atoms with Gasteiger partial charge in [-0.25, -0.2) is 0 Å². The summed E-state index contributed by atoms with van der Waals surface area (Å²) in [4.78, 5) is 2.14. The van der Waals surface area contributed by atoms with E-state index in [2.05, 4.69) is 45.1 Å². The minimum atomic E-state index is 0.895. The normalized spacial score (nSPS) is 11.5. The van der Waals surface area contributed by atoms with Crippen molar-refractivity contribution in [2.45, 2.75) is 6.42 Å². The van der Waals surface area contributed by atoms with Crippen molar-refractivity contribution in [3.8, 4) is 0 Å². The van der Waals surface area contributed by atoms with E-state index in [-0.39, 0.29) is 0 Å². The first-order valence-corrected chi connectivity index (χ1v) is 5.60. The van der Waals surface area contributed by atoms with E-state index in [1.54, 1.807) is 0 Å². The van der Waals surface area contributed by atoms with Crippen LogP contribution < -0.4 is 0 Å². The highest BCUT2D eigenvalue weighted by Gasteiger charge is 2.05. The first kappa shape index (κ1) is 10.6. The van der Waals surface area contributed by atoms with Crippen molar-refractivity contribution in [1.29, 1.82) is 0 Å². The van der Waals surface area contributed by atoms with E-state index in [1.807, 2.05) is 22.7 Å². The fourth-order valence-electron chi connectivity index (χ4n) is 1.41. The van der Waals surface area contributed by atoms with Crippen LogP contribution in [0.5, 0.6) is 0 Å². The Morgan fingerprint density at radius 3 is 2.87 bits per heavy atom. The average Bonchev–Trinajstić information content (AvgIpc) is 2.57. The minimum Gasteiger partial charge on any atom is -0.309 e. The SMILES string of the molecule is CN(C)CCc1nnc2ccc(Br)cn12. The summed E-state index contributed by atoms with van der Waals surface area (Å²) in [7, 11) is 4.11. The van der Waals surface area contributed by atoms with Gasteiger partial charge in [0.25, 0.3) is 0 Å². The van der Waals surface area contributed by atoms with Crippen LogP contribution in [0.4, 0.5) is 0 Å². The highest BCUT2D eigenvalue weighted by Crippen LogP contribution is 2.12. The molecule has 80 valence electrons. The van der Waals surface area contributed by atoms with Crippen LogP contribution in [0, 0.1) is 0 Å². The Bertz CT molecular complexity index is 463. The van der Waals surface area contributed by atoms with Crippen LogP contribution in [-0.4, -0.2) is 40.1 Å². The Balaban J connectivity index is 2.31. The summed E-state index contributed by atoms with van der Waals surface area (Å²) in [5.74, 6) is 1.00. The number of nitrogens with zero attached hydrogens (tertiary/aromatic N) is 4. The van der Waals surface area contributed by atoms with Crippen LogP contribution in [-0.2, 0) is 6.42 Å². The maximum atomic E-state index is 4.17. The maximum absolute atomic E-state index is 4.17. The third-order valence-electron chi connectivity index (χ3n) is 2.22. The van der Waals surface area contributed by atoms with Gasteiger partial charge >= 0.3 is 0 Å². The summed E-state index contributed by atoms with van der Waals surface area (Å²) in [6, 6.07) is 3.93. The monoisotopic (exact) mass is 268 g/mol. The summed E-state index contributed by atoms with van der Waals surface area (Å²) in [5.41, 5.74) is 0.895. The molecule has 4 nitrogen and oxygen atoms in total. The molecule has 0 fully saturated rings. The van der Waals surface area contributed by atoms with Crippen molar-refractivity contribution in [2.75, 3.05) is 20.6 Å². The quantitative estimate of drug-likeness (QED) is 0.848. The summed E-state index contributed by atoms with van der Waals surface area (Å²) < 4.78 is 3.06. The lowest BCUT2D eigenvalue weighted by molar-refractivity contribution is 0.409. The molecule has 2 aromatic heterocycles. The van der Waals surface area contributed by atoms with Crippen LogP contribution in [0.3, 0.4) is 0 Å². The average molecular weight is 269 g/mol. The van der Waals surface area contributed by atoms with Gasteiger partial charge in [-0.15, -0.1) is 10.2 Å². The molecule has 0 aromatic carbocycles. The largest absolute Gasteiger partial charge is 0.309 e.